The van der Waals surface area contributed by atoms with E-state index in [1.807, 2.05) is 19.1 Å². The Balaban J connectivity index is 1.56. The second kappa shape index (κ2) is 9.16. The van der Waals surface area contributed by atoms with Gasteiger partial charge in [-0.15, -0.1) is 11.3 Å². The maximum atomic E-state index is 12.3. The van der Waals surface area contributed by atoms with Crippen LogP contribution in [0.3, 0.4) is 0 Å². The molecular weight excluding hydrogens is 392 g/mol. The molecule has 2 aromatic heterocycles. The van der Waals surface area contributed by atoms with Crippen molar-refractivity contribution in [2.45, 2.75) is 19.8 Å². The third-order valence-electron chi connectivity index (χ3n) is 4.07. The standard InChI is InChI=1S/C20H20N4O4S/c1-12-5-7-16(28-2)15(10-12)23-17(25)8-6-13-11-29-20(22-13)24-19(27)14-4-3-9-21-18(14)26/h3-5,7,9-11H,6,8H2,1-2H3,(H,21,26)(H,23,25)(H,22,24,27). The molecule has 0 radical (unpaired) electrons. The highest BCUT2D eigenvalue weighted by molar-refractivity contribution is 7.14. The molecule has 0 aliphatic carbocycles. The van der Waals surface area contributed by atoms with Crippen LogP contribution < -0.4 is 20.9 Å². The van der Waals surface area contributed by atoms with Crippen molar-refractivity contribution >= 4 is 34.0 Å². The number of nitrogens with zero attached hydrogens (tertiary/aromatic N) is 1. The van der Waals surface area contributed by atoms with Crippen molar-refractivity contribution in [1.29, 1.82) is 0 Å². The van der Waals surface area contributed by atoms with Crippen LogP contribution in [0.2, 0.25) is 0 Å². The van der Waals surface area contributed by atoms with Crippen molar-refractivity contribution in [3.63, 3.8) is 0 Å². The minimum absolute atomic E-state index is 0.00993. The van der Waals surface area contributed by atoms with E-state index in [9.17, 15) is 14.4 Å². The minimum atomic E-state index is -0.531. The zero-order chi connectivity index (χ0) is 20.8. The van der Waals surface area contributed by atoms with Crippen molar-refractivity contribution in [3.05, 3.63) is 69.1 Å². The Kier molecular flexibility index (Phi) is 6.40. The zero-order valence-electron chi connectivity index (χ0n) is 15.9. The molecule has 0 aliphatic rings. The van der Waals surface area contributed by atoms with E-state index in [1.54, 1.807) is 24.6 Å². The summed E-state index contributed by atoms with van der Waals surface area (Å²) in [5.41, 5.74) is 1.86. The molecule has 8 nitrogen and oxygen atoms in total. The van der Waals surface area contributed by atoms with Crippen molar-refractivity contribution in [1.82, 2.24) is 9.97 Å². The molecule has 150 valence electrons. The molecule has 3 N–H and O–H groups in total. The largest absolute Gasteiger partial charge is 0.495 e. The SMILES string of the molecule is COc1ccc(C)cc1NC(=O)CCc1csc(NC(=O)c2ccc[nH]c2=O)n1. The molecule has 0 bridgehead atoms. The van der Waals surface area contributed by atoms with E-state index in [2.05, 4.69) is 20.6 Å². The van der Waals surface area contributed by atoms with E-state index >= 15 is 0 Å². The Hall–Kier alpha value is -3.46. The fraction of sp³-hybridized carbons (Fsp3) is 0.200. The molecule has 1 aromatic carbocycles. The fourth-order valence-electron chi connectivity index (χ4n) is 2.62. The average molecular weight is 412 g/mol. The van der Waals surface area contributed by atoms with Crippen LogP contribution >= 0.6 is 11.3 Å². The monoisotopic (exact) mass is 412 g/mol. The maximum absolute atomic E-state index is 12.3. The van der Waals surface area contributed by atoms with Crippen LogP contribution in [0.5, 0.6) is 5.75 Å². The van der Waals surface area contributed by atoms with Gasteiger partial charge in [-0.3, -0.25) is 19.7 Å². The normalized spacial score (nSPS) is 10.4. The quantitative estimate of drug-likeness (QED) is 0.552. The first-order valence-electron chi connectivity index (χ1n) is 8.84. The first-order valence-corrected chi connectivity index (χ1v) is 9.72. The van der Waals surface area contributed by atoms with Crippen molar-refractivity contribution in [2.75, 3.05) is 17.7 Å². The van der Waals surface area contributed by atoms with E-state index in [-0.39, 0.29) is 17.9 Å². The number of methoxy groups -OCH3 is 1. The number of hydrogen-bond donors (Lipinski definition) is 3. The van der Waals surface area contributed by atoms with E-state index in [0.717, 1.165) is 5.56 Å². The summed E-state index contributed by atoms with van der Waals surface area (Å²) in [4.78, 5) is 42.8. The number of pyridine rings is 1. The maximum Gasteiger partial charge on any atom is 0.263 e. The van der Waals surface area contributed by atoms with E-state index in [0.29, 0.717) is 28.7 Å². The number of carbonyl (C=O) groups is 2. The Morgan fingerprint density at radius 2 is 2.07 bits per heavy atom. The predicted molar refractivity (Wildman–Crippen MR) is 112 cm³/mol. The van der Waals surface area contributed by atoms with Gasteiger partial charge in [-0.25, -0.2) is 4.98 Å². The van der Waals surface area contributed by atoms with Gasteiger partial charge in [-0.1, -0.05) is 6.07 Å². The summed E-state index contributed by atoms with van der Waals surface area (Å²) in [6.45, 7) is 1.93. The second-order valence-corrected chi connectivity index (χ2v) is 7.12. The molecule has 0 unspecified atom stereocenters. The summed E-state index contributed by atoms with van der Waals surface area (Å²) in [5.74, 6) is -0.0983. The number of H-pyrrole nitrogens is 1. The minimum Gasteiger partial charge on any atom is -0.495 e. The van der Waals surface area contributed by atoms with Crippen molar-refractivity contribution in [3.8, 4) is 5.75 Å². The van der Waals surface area contributed by atoms with Gasteiger partial charge in [0.1, 0.15) is 11.3 Å². The molecule has 0 spiro atoms. The van der Waals surface area contributed by atoms with Gasteiger partial charge in [0.15, 0.2) is 5.13 Å². The van der Waals surface area contributed by atoms with Crippen molar-refractivity contribution in [2.24, 2.45) is 0 Å². The van der Waals surface area contributed by atoms with Gasteiger partial charge in [0.05, 0.1) is 18.5 Å². The highest BCUT2D eigenvalue weighted by atomic mass is 32.1. The van der Waals surface area contributed by atoms with Gasteiger partial charge in [-0.2, -0.15) is 0 Å². The van der Waals surface area contributed by atoms with Gasteiger partial charge in [0.2, 0.25) is 5.91 Å². The summed E-state index contributed by atoms with van der Waals surface area (Å²) in [5, 5.41) is 7.58. The lowest BCUT2D eigenvalue weighted by atomic mass is 10.2. The van der Waals surface area contributed by atoms with Crippen LogP contribution in [-0.2, 0) is 11.2 Å². The first kappa shape index (κ1) is 20.3. The lowest BCUT2D eigenvalue weighted by Crippen LogP contribution is -2.22. The van der Waals surface area contributed by atoms with Crippen LogP contribution in [-0.4, -0.2) is 28.9 Å². The van der Waals surface area contributed by atoms with Gasteiger partial charge < -0.3 is 15.0 Å². The van der Waals surface area contributed by atoms with E-state index in [1.165, 1.54) is 23.6 Å². The van der Waals surface area contributed by atoms with Gasteiger partial charge in [-0.05, 0) is 43.2 Å². The Labute approximate surface area is 171 Å². The summed E-state index contributed by atoms with van der Waals surface area (Å²) in [7, 11) is 1.55. The number of ether oxygens (including phenoxy) is 1. The summed E-state index contributed by atoms with van der Waals surface area (Å²) < 4.78 is 5.26. The van der Waals surface area contributed by atoms with Crippen LogP contribution in [0.1, 0.15) is 28.0 Å². The number of amides is 2. The average Bonchev–Trinajstić information content (AvgIpc) is 3.14. The zero-order valence-corrected chi connectivity index (χ0v) is 16.8. The number of benzene rings is 1. The first-order chi connectivity index (χ1) is 14.0. The Bertz CT molecular complexity index is 1090. The molecule has 0 fully saturated rings. The number of rotatable bonds is 7. The molecule has 0 atom stereocenters. The third-order valence-corrected chi connectivity index (χ3v) is 4.88. The highest BCUT2D eigenvalue weighted by Gasteiger charge is 2.13. The fourth-order valence-corrected chi connectivity index (χ4v) is 3.36. The van der Waals surface area contributed by atoms with E-state index in [4.69, 9.17) is 4.74 Å². The number of aromatic amines is 1. The summed E-state index contributed by atoms with van der Waals surface area (Å²) >= 11 is 1.24. The van der Waals surface area contributed by atoms with Crippen LogP contribution in [0.15, 0.2) is 46.7 Å². The molecule has 2 amide bonds. The molecule has 0 saturated heterocycles. The Morgan fingerprint density at radius 1 is 1.24 bits per heavy atom. The molecule has 29 heavy (non-hydrogen) atoms. The smallest absolute Gasteiger partial charge is 0.263 e. The number of nitrogens with one attached hydrogen (secondary N) is 3. The third kappa shape index (κ3) is 5.29. The molecule has 9 heteroatoms. The number of thiazole rings is 1. The number of hydrogen-bond acceptors (Lipinski definition) is 6. The molecular formula is C20H20N4O4S. The predicted octanol–water partition coefficient (Wildman–Crippen LogP) is 2.97. The number of carbonyl (C=O) groups excluding carboxylic acids is 2. The van der Waals surface area contributed by atoms with Crippen LogP contribution in [0.4, 0.5) is 10.8 Å². The second-order valence-electron chi connectivity index (χ2n) is 6.26. The highest BCUT2D eigenvalue weighted by Crippen LogP contribution is 2.25. The molecule has 0 saturated carbocycles. The number of aromatic nitrogens is 2. The lowest BCUT2D eigenvalue weighted by Gasteiger charge is -2.10. The van der Waals surface area contributed by atoms with Crippen LogP contribution in [0.25, 0.3) is 0 Å². The lowest BCUT2D eigenvalue weighted by molar-refractivity contribution is -0.116. The van der Waals surface area contributed by atoms with Crippen molar-refractivity contribution < 1.29 is 14.3 Å². The van der Waals surface area contributed by atoms with Gasteiger partial charge in [0.25, 0.3) is 11.5 Å². The van der Waals surface area contributed by atoms with E-state index < -0.39 is 11.5 Å². The molecule has 3 rings (SSSR count). The molecule has 2 heterocycles. The molecule has 3 aromatic rings. The van der Waals surface area contributed by atoms with Gasteiger partial charge >= 0.3 is 0 Å². The summed E-state index contributed by atoms with van der Waals surface area (Å²) in [6, 6.07) is 8.57. The Morgan fingerprint density at radius 3 is 2.83 bits per heavy atom. The number of anilines is 2. The van der Waals surface area contributed by atoms with Crippen LogP contribution in [0, 0.1) is 6.92 Å². The summed E-state index contributed by atoms with van der Waals surface area (Å²) in [6.07, 6.45) is 2.10. The van der Waals surface area contributed by atoms with Gasteiger partial charge in [0, 0.05) is 18.0 Å². The number of aryl methyl sites for hydroxylation is 2. The molecule has 0 aliphatic heterocycles. The topological polar surface area (TPSA) is 113 Å².